The van der Waals surface area contributed by atoms with Crippen LogP contribution in [0.15, 0.2) is 24.3 Å². The van der Waals surface area contributed by atoms with E-state index in [-0.39, 0.29) is 24.2 Å². The molecule has 3 nitrogen and oxygen atoms in total. The van der Waals surface area contributed by atoms with Crippen molar-refractivity contribution in [2.45, 2.75) is 18.9 Å². The van der Waals surface area contributed by atoms with Gasteiger partial charge in [0.05, 0.1) is 0 Å². The summed E-state index contributed by atoms with van der Waals surface area (Å²) in [6, 6.07) is 7.03. The summed E-state index contributed by atoms with van der Waals surface area (Å²) in [6.45, 7) is 0.659. The van der Waals surface area contributed by atoms with Crippen molar-refractivity contribution in [2.75, 3.05) is 6.54 Å². The first kappa shape index (κ1) is 13.2. The van der Waals surface area contributed by atoms with Crippen LogP contribution in [0.25, 0.3) is 0 Å². The Labute approximate surface area is 90.5 Å². The summed E-state index contributed by atoms with van der Waals surface area (Å²) in [6.07, 6.45) is 1.77. The maximum Gasteiger partial charge on any atom is 0.115 e. The van der Waals surface area contributed by atoms with E-state index in [2.05, 4.69) is 0 Å². The molecule has 0 amide bonds. The van der Waals surface area contributed by atoms with E-state index in [4.69, 9.17) is 11.5 Å². The molecule has 0 saturated carbocycles. The Morgan fingerprint density at radius 1 is 1.36 bits per heavy atom. The zero-order chi connectivity index (χ0) is 9.68. The second kappa shape index (κ2) is 6.65. The van der Waals surface area contributed by atoms with Crippen LogP contribution in [0, 0.1) is 0 Å². The first-order valence-corrected chi connectivity index (χ1v) is 4.48. The molecule has 0 radical (unpaired) electrons. The molecular formula is C10H17ClN2O. The molecule has 0 saturated heterocycles. The molecule has 1 aromatic rings. The van der Waals surface area contributed by atoms with E-state index in [1.54, 1.807) is 18.2 Å². The van der Waals surface area contributed by atoms with E-state index in [1.807, 2.05) is 6.07 Å². The highest BCUT2D eigenvalue weighted by molar-refractivity contribution is 5.85. The number of aromatic hydroxyl groups is 1. The summed E-state index contributed by atoms with van der Waals surface area (Å²) in [5.74, 6) is 0.265. The minimum Gasteiger partial charge on any atom is -0.508 e. The van der Waals surface area contributed by atoms with Crippen LogP contribution in [0.5, 0.6) is 5.75 Å². The Hall–Kier alpha value is -0.770. The lowest BCUT2D eigenvalue weighted by molar-refractivity contribution is 0.473. The van der Waals surface area contributed by atoms with Crippen LogP contribution in [-0.4, -0.2) is 11.7 Å². The van der Waals surface area contributed by atoms with Gasteiger partial charge in [-0.25, -0.2) is 0 Å². The van der Waals surface area contributed by atoms with Crippen molar-refractivity contribution in [3.8, 4) is 5.75 Å². The standard InChI is InChI=1S/C10H16N2O.ClH/c11-6-2-5-10(12)8-3-1-4-9(13)7-8;/h1,3-4,7,10,13H,2,5-6,11-12H2;1H/t10-;/m1./s1. The Morgan fingerprint density at radius 3 is 2.64 bits per heavy atom. The third-order valence-electron chi connectivity index (χ3n) is 2.02. The summed E-state index contributed by atoms with van der Waals surface area (Å²) in [7, 11) is 0. The number of phenols is 1. The third kappa shape index (κ3) is 3.96. The van der Waals surface area contributed by atoms with Crippen LogP contribution in [-0.2, 0) is 0 Å². The molecule has 0 aromatic heterocycles. The summed E-state index contributed by atoms with van der Waals surface area (Å²) < 4.78 is 0. The fourth-order valence-corrected chi connectivity index (χ4v) is 1.26. The van der Waals surface area contributed by atoms with Gasteiger partial charge in [0.1, 0.15) is 5.75 Å². The minimum atomic E-state index is -0.0179. The highest BCUT2D eigenvalue weighted by atomic mass is 35.5. The molecule has 5 N–H and O–H groups in total. The average Bonchev–Trinajstić information content (AvgIpc) is 2.14. The molecule has 1 rings (SSSR count). The summed E-state index contributed by atoms with van der Waals surface area (Å²) in [5, 5.41) is 9.21. The van der Waals surface area contributed by atoms with Gasteiger partial charge in [-0.1, -0.05) is 12.1 Å². The monoisotopic (exact) mass is 216 g/mol. The maximum absolute atomic E-state index is 9.21. The van der Waals surface area contributed by atoms with Crippen LogP contribution in [0.3, 0.4) is 0 Å². The van der Waals surface area contributed by atoms with Gasteiger partial charge in [0.25, 0.3) is 0 Å². The summed E-state index contributed by atoms with van der Waals surface area (Å²) >= 11 is 0. The number of nitrogens with two attached hydrogens (primary N) is 2. The van der Waals surface area contributed by atoms with E-state index in [0.29, 0.717) is 6.54 Å². The molecule has 80 valence electrons. The van der Waals surface area contributed by atoms with Gasteiger partial charge < -0.3 is 16.6 Å². The van der Waals surface area contributed by atoms with Crippen LogP contribution in [0.4, 0.5) is 0 Å². The Bertz CT molecular complexity index is 268. The van der Waals surface area contributed by atoms with Crippen LogP contribution in [0.1, 0.15) is 24.4 Å². The number of hydrogen-bond acceptors (Lipinski definition) is 3. The third-order valence-corrected chi connectivity index (χ3v) is 2.02. The topological polar surface area (TPSA) is 72.3 Å². The second-order valence-electron chi connectivity index (χ2n) is 3.13. The average molecular weight is 217 g/mol. The quantitative estimate of drug-likeness (QED) is 0.715. The van der Waals surface area contributed by atoms with Crippen LogP contribution >= 0.6 is 12.4 Å². The molecule has 1 atom stereocenters. The normalized spacial score (nSPS) is 11.9. The predicted molar refractivity (Wildman–Crippen MR) is 60.6 cm³/mol. The SMILES string of the molecule is Cl.NCCC[C@@H](N)c1cccc(O)c1. The van der Waals surface area contributed by atoms with Crippen molar-refractivity contribution < 1.29 is 5.11 Å². The van der Waals surface area contributed by atoms with Gasteiger partial charge in [-0.05, 0) is 37.1 Å². The van der Waals surface area contributed by atoms with Crippen LogP contribution in [0.2, 0.25) is 0 Å². The molecule has 4 heteroatoms. The van der Waals surface area contributed by atoms with E-state index in [1.165, 1.54) is 0 Å². The summed E-state index contributed by atoms with van der Waals surface area (Å²) in [4.78, 5) is 0. The van der Waals surface area contributed by atoms with Crippen molar-refractivity contribution in [2.24, 2.45) is 11.5 Å². The van der Waals surface area contributed by atoms with Crippen molar-refractivity contribution in [1.29, 1.82) is 0 Å². The van der Waals surface area contributed by atoms with Gasteiger partial charge in [0.15, 0.2) is 0 Å². The van der Waals surface area contributed by atoms with Gasteiger partial charge in [-0.3, -0.25) is 0 Å². The number of rotatable bonds is 4. The largest absolute Gasteiger partial charge is 0.508 e. The van der Waals surface area contributed by atoms with Gasteiger partial charge in [-0.2, -0.15) is 0 Å². The molecule has 0 aliphatic heterocycles. The minimum absolute atomic E-state index is 0. The molecule has 0 bridgehead atoms. The highest BCUT2D eigenvalue weighted by Gasteiger charge is 2.04. The Kier molecular flexibility index (Phi) is 6.28. The lowest BCUT2D eigenvalue weighted by atomic mass is 10.0. The van der Waals surface area contributed by atoms with E-state index < -0.39 is 0 Å². The smallest absolute Gasteiger partial charge is 0.115 e. The molecule has 1 aromatic carbocycles. The maximum atomic E-state index is 9.21. The molecule has 0 unspecified atom stereocenters. The molecule has 0 fully saturated rings. The second-order valence-corrected chi connectivity index (χ2v) is 3.13. The molecular weight excluding hydrogens is 200 g/mol. The Balaban J connectivity index is 0.00000169. The number of phenolic OH excluding ortho intramolecular Hbond substituents is 1. The number of hydrogen-bond donors (Lipinski definition) is 3. The first-order chi connectivity index (χ1) is 6.24. The lowest BCUT2D eigenvalue weighted by Crippen LogP contribution is -2.12. The summed E-state index contributed by atoms with van der Waals surface area (Å²) in [5.41, 5.74) is 12.2. The fourth-order valence-electron chi connectivity index (χ4n) is 1.26. The van der Waals surface area contributed by atoms with Gasteiger partial charge in [0.2, 0.25) is 0 Å². The highest BCUT2D eigenvalue weighted by Crippen LogP contribution is 2.19. The fraction of sp³-hybridized carbons (Fsp3) is 0.400. The molecule has 14 heavy (non-hydrogen) atoms. The van der Waals surface area contributed by atoms with Gasteiger partial charge >= 0.3 is 0 Å². The molecule has 0 aliphatic rings. The number of benzene rings is 1. The number of halogens is 1. The van der Waals surface area contributed by atoms with Crippen molar-refractivity contribution in [1.82, 2.24) is 0 Å². The predicted octanol–water partition coefficient (Wildman–Crippen LogP) is 1.55. The first-order valence-electron chi connectivity index (χ1n) is 4.48. The lowest BCUT2D eigenvalue weighted by Gasteiger charge is -2.11. The molecule has 0 spiro atoms. The van der Waals surface area contributed by atoms with Gasteiger partial charge in [-0.15, -0.1) is 12.4 Å². The van der Waals surface area contributed by atoms with Crippen molar-refractivity contribution >= 4 is 12.4 Å². The van der Waals surface area contributed by atoms with Crippen molar-refractivity contribution in [3.05, 3.63) is 29.8 Å². The van der Waals surface area contributed by atoms with E-state index in [0.717, 1.165) is 18.4 Å². The zero-order valence-corrected chi connectivity index (χ0v) is 8.83. The Morgan fingerprint density at radius 2 is 2.07 bits per heavy atom. The molecule has 0 heterocycles. The van der Waals surface area contributed by atoms with Crippen LogP contribution < -0.4 is 11.5 Å². The van der Waals surface area contributed by atoms with E-state index >= 15 is 0 Å². The zero-order valence-electron chi connectivity index (χ0n) is 8.02. The molecule has 0 aliphatic carbocycles. The van der Waals surface area contributed by atoms with Crippen molar-refractivity contribution in [3.63, 3.8) is 0 Å². The van der Waals surface area contributed by atoms with Gasteiger partial charge in [0, 0.05) is 6.04 Å². The van der Waals surface area contributed by atoms with E-state index in [9.17, 15) is 5.11 Å².